The van der Waals surface area contributed by atoms with E-state index < -0.39 is 0 Å². The molecule has 104 valence electrons. The molecular formula is C13H14N4O2S. The van der Waals surface area contributed by atoms with Crippen LogP contribution in [0.25, 0.3) is 11.6 Å². The van der Waals surface area contributed by atoms with Crippen LogP contribution in [0.2, 0.25) is 0 Å². The van der Waals surface area contributed by atoms with Crippen molar-refractivity contribution in [2.75, 3.05) is 7.05 Å². The molecule has 0 saturated heterocycles. The molecule has 0 aromatic carbocycles. The van der Waals surface area contributed by atoms with E-state index in [1.165, 1.54) is 0 Å². The Balaban J connectivity index is 1.69. The molecule has 0 bridgehead atoms. The van der Waals surface area contributed by atoms with Crippen LogP contribution in [-0.4, -0.2) is 27.1 Å². The highest BCUT2D eigenvalue weighted by Gasteiger charge is 2.18. The van der Waals surface area contributed by atoms with Gasteiger partial charge in [0.2, 0.25) is 11.7 Å². The summed E-state index contributed by atoms with van der Waals surface area (Å²) in [6, 6.07) is 3.80. The number of thiazole rings is 1. The molecular weight excluding hydrogens is 276 g/mol. The predicted octanol–water partition coefficient (Wildman–Crippen LogP) is 2.98. The van der Waals surface area contributed by atoms with E-state index in [2.05, 4.69) is 26.9 Å². The van der Waals surface area contributed by atoms with E-state index in [4.69, 9.17) is 8.94 Å². The fraction of sp³-hybridized carbons (Fsp3) is 0.308. The maximum Gasteiger partial charge on any atom is 0.241 e. The molecule has 20 heavy (non-hydrogen) atoms. The minimum Gasteiger partial charge on any atom is -0.461 e. The Labute approximate surface area is 120 Å². The molecule has 0 aliphatic heterocycles. The number of nitrogens with zero attached hydrogens (tertiary/aromatic N) is 4. The highest BCUT2D eigenvalue weighted by Crippen LogP contribution is 2.23. The van der Waals surface area contributed by atoms with E-state index in [1.807, 2.05) is 18.6 Å². The van der Waals surface area contributed by atoms with Gasteiger partial charge in [-0.1, -0.05) is 5.16 Å². The van der Waals surface area contributed by atoms with E-state index in [0.717, 1.165) is 5.01 Å². The van der Waals surface area contributed by atoms with Crippen molar-refractivity contribution in [1.29, 1.82) is 0 Å². The molecule has 3 aromatic rings. The summed E-state index contributed by atoms with van der Waals surface area (Å²) in [5.41, 5.74) is 0. The molecule has 0 aliphatic rings. The zero-order chi connectivity index (χ0) is 13.9. The first kappa shape index (κ1) is 13.0. The van der Waals surface area contributed by atoms with Crippen LogP contribution in [0.3, 0.4) is 0 Å². The van der Waals surface area contributed by atoms with Crippen molar-refractivity contribution in [3.63, 3.8) is 0 Å². The molecule has 3 heterocycles. The quantitative estimate of drug-likeness (QED) is 0.719. The molecule has 0 radical (unpaired) electrons. The fourth-order valence-electron chi connectivity index (χ4n) is 1.80. The molecule has 6 nitrogen and oxygen atoms in total. The summed E-state index contributed by atoms with van der Waals surface area (Å²) < 4.78 is 10.5. The summed E-state index contributed by atoms with van der Waals surface area (Å²) in [6.07, 6.45) is 3.40. The summed E-state index contributed by atoms with van der Waals surface area (Å²) in [5.74, 6) is 1.64. The number of aromatic nitrogens is 3. The zero-order valence-corrected chi connectivity index (χ0v) is 12.0. The normalized spacial score (nSPS) is 12.9. The molecule has 3 aromatic heterocycles. The van der Waals surface area contributed by atoms with Crippen molar-refractivity contribution < 1.29 is 8.94 Å². The second-order valence-corrected chi connectivity index (χ2v) is 5.38. The lowest BCUT2D eigenvalue weighted by atomic mass is 10.3. The van der Waals surface area contributed by atoms with Gasteiger partial charge in [0.05, 0.1) is 18.8 Å². The predicted molar refractivity (Wildman–Crippen MR) is 74.0 cm³/mol. The van der Waals surface area contributed by atoms with Gasteiger partial charge in [-0.3, -0.25) is 4.90 Å². The minimum atomic E-state index is 0.203. The van der Waals surface area contributed by atoms with Gasteiger partial charge in [-0.05, 0) is 26.1 Å². The van der Waals surface area contributed by atoms with Crippen LogP contribution >= 0.6 is 11.3 Å². The van der Waals surface area contributed by atoms with Gasteiger partial charge in [-0.15, -0.1) is 11.3 Å². The van der Waals surface area contributed by atoms with Gasteiger partial charge in [-0.2, -0.15) is 4.98 Å². The molecule has 0 aliphatic carbocycles. The number of rotatable bonds is 5. The number of furan rings is 1. The van der Waals surface area contributed by atoms with Gasteiger partial charge in [0.25, 0.3) is 0 Å². The lowest BCUT2D eigenvalue weighted by molar-refractivity contribution is 0.216. The Bertz CT molecular complexity index is 648. The highest BCUT2D eigenvalue weighted by atomic mass is 32.1. The second kappa shape index (κ2) is 5.56. The number of hydrogen-bond acceptors (Lipinski definition) is 7. The van der Waals surface area contributed by atoms with E-state index >= 15 is 0 Å². The maximum absolute atomic E-state index is 5.25. The van der Waals surface area contributed by atoms with Crippen molar-refractivity contribution in [3.05, 3.63) is 40.9 Å². The molecule has 0 unspecified atom stereocenters. The molecule has 3 rings (SSSR count). The summed E-state index contributed by atoms with van der Waals surface area (Å²) in [7, 11) is 2.00. The lowest BCUT2D eigenvalue weighted by Gasteiger charge is -2.20. The van der Waals surface area contributed by atoms with E-state index in [0.29, 0.717) is 24.0 Å². The molecule has 7 heteroatoms. The summed E-state index contributed by atoms with van der Waals surface area (Å²) in [4.78, 5) is 10.8. The van der Waals surface area contributed by atoms with Gasteiger partial charge in [0.15, 0.2) is 5.76 Å². The Morgan fingerprint density at radius 1 is 1.45 bits per heavy atom. The van der Waals surface area contributed by atoms with Crippen molar-refractivity contribution in [2.45, 2.75) is 19.5 Å². The highest BCUT2D eigenvalue weighted by molar-refractivity contribution is 7.09. The Morgan fingerprint density at radius 3 is 3.05 bits per heavy atom. The molecule has 0 amide bonds. The van der Waals surface area contributed by atoms with Crippen molar-refractivity contribution >= 4 is 11.3 Å². The molecule has 0 N–H and O–H groups in total. The van der Waals surface area contributed by atoms with Crippen molar-refractivity contribution in [1.82, 2.24) is 20.0 Å². The molecule has 0 saturated carbocycles. The Hall–Kier alpha value is -1.99. The van der Waals surface area contributed by atoms with Crippen LogP contribution in [0.1, 0.15) is 23.9 Å². The third-order valence-electron chi connectivity index (χ3n) is 3.06. The van der Waals surface area contributed by atoms with Crippen LogP contribution in [0.4, 0.5) is 0 Å². The zero-order valence-electron chi connectivity index (χ0n) is 11.2. The first-order chi connectivity index (χ1) is 9.74. The fourth-order valence-corrected chi connectivity index (χ4v) is 2.56. The van der Waals surface area contributed by atoms with E-state index in [9.17, 15) is 0 Å². The largest absolute Gasteiger partial charge is 0.461 e. The van der Waals surface area contributed by atoms with Gasteiger partial charge < -0.3 is 8.94 Å². The second-order valence-electron chi connectivity index (χ2n) is 4.45. The minimum absolute atomic E-state index is 0.203. The average molecular weight is 290 g/mol. The van der Waals surface area contributed by atoms with Gasteiger partial charge in [0, 0.05) is 11.6 Å². The van der Waals surface area contributed by atoms with Crippen molar-refractivity contribution in [3.8, 4) is 11.6 Å². The van der Waals surface area contributed by atoms with Gasteiger partial charge in [0.1, 0.15) is 5.01 Å². The SMILES string of the molecule is C[C@@H](c1nccs1)N(C)Cc1nc(-c2ccco2)no1. The van der Waals surface area contributed by atoms with Gasteiger partial charge in [-0.25, -0.2) is 4.98 Å². The lowest BCUT2D eigenvalue weighted by Crippen LogP contribution is -2.21. The molecule has 1 atom stereocenters. The van der Waals surface area contributed by atoms with Crippen LogP contribution in [0.15, 0.2) is 38.9 Å². The topological polar surface area (TPSA) is 68.2 Å². The summed E-state index contributed by atoms with van der Waals surface area (Å²) in [5, 5.41) is 6.96. The Morgan fingerprint density at radius 2 is 2.35 bits per heavy atom. The third kappa shape index (κ3) is 2.63. The van der Waals surface area contributed by atoms with Crippen LogP contribution < -0.4 is 0 Å². The van der Waals surface area contributed by atoms with E-state index in [1.54, 1.807) is 29.7 Å². The van der Waals surface area contributed by atoms with E-state index in [-0.39, 0.29) is 6.04 Å². The molecule has 0 fully saturated rings. The average Bonchev–Trinajstić information content (AvgIpc) is 3.19. The monoisotopic (exact) mass is 290 g/mol. The Kier molecular flexibility index (Phi) is 3.62. The first-order valence-corrected chi connectivity index (χ1v) is 7.08. The molecule has 0 spiro atoms. The van der Waals surface area contributed by atoms with Crippen LogP contribution in [0, 0.1) is 0 Å². The smallest absolute Gasteiger partial charge is 0.241 e. The van der Waals surface area contributed by atoms with Crippen molar-refractivity contribution in [2.24, 2.45) is 0 Å². The van der Waals surface area contributed by atoms with Crippen LogP contribution in [-0.2, 0) is 6.54 Å². The first-order valence-electron chi connectivity index (χ1n) is 6.20. The number of hydrogen-bond donors (Lipinski definition) is 0. The maximum atomic E-state index is 5.25. The van der Waals surface area contributed by atoms with Crippen LogP contribution in [0.5, 0.6) is 0 Å². The van der Waals surface area contributed by atoms with Gasteiger partial charge >= 0.3 is 0 Å². The third-order valence-corrected chi connectivity index (χ3v) is 4.01. The summed E-state index contributed by atoms with van der Waals surface area (Å²) >= 11 is 1.64. The standard InChI is InChI=1S/C13H14N4O2S/c1-9(13-14-5-7-20-13)17(2)8-11-15-12(16-19-11)10-4-3-6-18-10/h3-7,9H,8H2,1-2H3/t9-/m0/s1. The summed E-state index contributed by atoms with van der Waals surface area (Å²) in [6.45, 7) is 2.66.